The van der Waals surface area contributed by atoms with E-state index in [-0.39, 0.29) is 0 Å². The van der Waals surface area contributed by atoms with Gasteiger partial charge in [0.25, 0.3) is 0 Å². The third-order valence-corrected chi connectivity index (χ3v) is 5.06. The first-order valence-corrected chi connectivity index (χ1v) is 9.11. The highest BCUT2D eigenvalue weighted by Gasteiger charge is 2.14. The normalized spacial score (nSPS) is 10.6. The van der Waals surface area contributed by atoms with Crippen LogP contribution in [0.25, 0.3) is 21.7 Å². The molecular weight excluding hydrogens is 324 g/mol. The topological polar surface area (TPSA) is 24.9 Å². The molecule has 1 N–H and O–H groups in total. The highest BCUT2D eigenvalue weighted by Crippen LogP contribution is 2.38. The van der Waals surface area contributed by atoms with E-state index < -0.39 is 0 Å². The van der Waals surface area contributed by atoms with Crippen LogP contribution in [0.4, 0.5) is 5.13 Å². The molecule has 122 valence electrons. The molecule has 0 bridgehead atoms. The van der Waals surface area contributed by atoms with Crippen LogP contribution >= 0.6 is 11.3 Å². The fourth-order valence-corrected chi connectivity index (χ4v) is 3.73. The molecule has 3 aromatic carbocycles. The summed E-state index contributed by atoms with van der Waals surface area (Å²) in [5.41, 5.74) is 4.63. The minimum absolute atomic E-state index is 0.775. The van der Waals surface area contributed by atoms with Gasteiger partial charge >= 0.3 is 0 Å². The lowest BCUT2D eigenvalue weighted by atomic mass is 10.1. The van der Waals surface area contributed by atoms with Crippen LogP contribution in [0.5, 0.6) is 0 Å². The van der Waals surface area contributed by atoms with Gasteiger partial charge in [-0.15, -0.1) is 0 Å². The number of rotatable bonds is 5. The number of benzene rings is 3. The van der Waals surface area contributed by atoms with Crippen LogP contribution in [-0.2, 0) is 6.54 Å². The van der Waals surface area contributed by atoms with Crippen molar-refractivity contribution in [2.24, 2.45) is 0 Å². The molecule has 0 radical (unpaired) electrons. The molecule has 1 heterocycles. The van der Waals surface area contributed by atoms with Crippen LogP contribution in [0.2, 0.25) is 0 Å². The van der Waals surface area contributed by atoms with Gasteiger partial charge in [-0.2, -0.15) is 0 Å². The van der Waals surface area contributed by atoms with Gasteiger partial charge in [-0.05, 0) is 11.1 Å². The van der Waals surface area contributed by atoms with Gasteiger partial charge in [0.1, 0.15) is 0 Å². The largest absolute Gasteiger partial charge is 0.357 e. The number of hydrogen-bond acceptors (Lipinski definition) is 3. The van der Waals surface area contributed by atoms with E-state index >= 15 is 0 Å². The molecule has 1 aromatic heterocycles. The second-order valence-electron chi connectivity index (χ2n) is 5.77. The van der Waals surface area contributed by atoms with Gasteiger partial charge in [0, 0.05) is 12.1 Å². The lowest BCUT2D eigenvalue weighted by Crippen LogP contribution is -1.98. The summed E-state index contributed by atoms with van der Waals surface area (Å²) in [4.78, 5) is 6.08. The molecule has 0 saturated carbocycles. The first-order chi connectivity index (χ1) is 12.4. The predicted octanol–water partition coefficient (Wildman–Crippen LogP) is 6.09. The van der Waals surface area contributed by atoms with Crippen molar-refractivity contribution in [1.29, 1.82) is 0 Å². The molecular formula is C22H18N2S. The van der Waals surface area contributed by atoms with Gasteiger partial charge in [-0.3, -0.25) is 0 Å². The van der Waals surface area contributed by atoms with Crippen LogP contribution in [0, 0.1) is 0 Å². The van der Waals surface area contributed by atoms with Gasteiger partial charge in [0.2, 0.25) is 0 Å². The van der Waals surface area contributed by atoms with Crippen molar-refractivity contribution < 1.29 is 0 Å². The van der Waals surface area contributed by atoms with E-state index in [1.807, 2.05) is 18.2 Å². The summed E-state index contributed by atoms with van der Waals surface area (Å²) in [5, 5.41) is 4.41. The van der Waals surface area contributed by atoms with Crippen LogP contribution in [-0.4, -0.2) is 4.98 Å². The second kappa shape index (κ2) is 7.32. The molecule has 0 aliphatic carbocycles. The van der Waals surface area contributed by atoms with Crippen molar-refractivity contribution in [3.05, 3.63) is 96.6 Å². The summed E-state index contributed by atoms with van der Waals surface area (Å²) in [7, 11) is 0. The molecule has 0 atom stereocenters. The zero-order valence-electron chi connectivity index (χ0n) is 13.7. The number of nitrogens with zero attached hydrogens (tertiary/aromatic N) is 1. The smallest absolute Gasteiger partial charge is 0.184 e. The SMILES string of the molecule is c1ccc(CNc2nc(-c3ccccc3)c(-c3ccccc3)s2)cc1. The van der Waals surface area contributed by atoms with Crippen LogP contribution in [0.3, 0.4) is 0 Å². The van der Waals surface area contributed by atoms with Gasteiger partial charge in [-0.25, -0.2) is 4.98 Å². The average molecular weight is 342 g/mol. The third kappa shape index (κ3) is 3.62. The minimum atomic E-state index is 0.775. The van der Waals surface area contributed by atoms with E-state index in [1.54, 1.807) is 11.3 Å². The Morgan fingerprint density at radius 1 is 0.680 bits per heavy atom. The minimum Gasteiger partial charge on any atom is -0.357 e. The zero-order valence-corrected chi connectivity index (χ0v) is 14.5. The first kappa shape index (κ1) is 15.6. The maximum absolute atomic E-state index is 4.88. The lowest BCUT2D eigenvalue weighted by Gasteiger charge is -2.02. The Labute approximate surface area is 151 Å². The summed E-state index contributed by atoms with van der Waals surface area (Å²) < 4.78 is 0. The Kier molecular flexibility index (Phi) is 4.57. The third-order valence-electron chi connectivity index (χ3n) is 4.00. The summed E-state index contributed by atoms with van der Waals surface area (Å²) in [6.45, 7) is 0.775. The molecule has 3 heteroatoms. The van der Waals surface area contributed by atoms with E-state index in [0.717, 1.165) is 22.9 Å². The molecule has 0 amide bonds. The Morgan fingerprint density at radius 2 is 1.24 bits per heavy atom. The number of hydrogen-bond donors (Lipinski definition) is 1. The van der Waals surface area contributed by atoms with Crippen molar-refractivity contribution in [2.75, 3.05) is 5.32 Å². The number of thiazole rings is 1. The van der Waals surface area contributed by atoms with Crippen LogP contribution in [0.1, 0.15) is 5.56 Å². The maximum atomic E-state index is 4.88. The quantitative estimate of drug-likeness (QED) is 0.475. The average Bonchev–Trinajstić information content (AvgIpc) is 3.13. The summed E-state index contributed by atoms with van der Waals surface area (Å²) >= 11 is 1.70. The molecule has 0 aliphatic heterocycles. The van der Waals surface area contributed by atoms with Crippen molar-refractivity contribution in [2.45, 2.75) is 6.54 Å². The molecule has 0 fully saturated rings. The summed E-state index contributed by atoms with van der Waals surface area (Å²) in [5.74, 6) is 0. The Morgan fingerprint density at radius 3 is 1.88 bits per heavy atom. The van der Waals surface area contributed by atoms with Crippen LogP contribution in [0.15, 0.2) is 91.0 Å². The molecule has 0 unspecified atom stereocenters. The molecule has 0 aliphatic rings. The Balaban J connectivity index is 1.68. The second-order valence-corrected chi connectivity index (χ2v) is 6.77. The molecule has 25 heavy (non-hydrogen) atoms. The highest BCUT2D eigenvalue weighted by atomic mass is 32.1. The molecule has 0 saturated heterocycles. The lowest BCUT2D eigenvalue weighted by molar-refractivity contribution is 1.14. The molecule has 4 aromatic rings. The van der Waals surface area contributed by atoms with E-state index in [0.29, 0.717) is 0 Å². The molecule has 2 nitrogen and oxygen atoms in total. The van der Waals surface area contributed by atoms with E-state index in [2.05, 4.69) is 78.1 Å². The first-order valence-electron chi connectivity index (χ1n) is 8.29. The van der Waals surface area contributed by atoms with Crippen molar-refractivity contribution in [1.82, 2.24) is 4.98 Å². The van der Waals surface area contributed by atoms with Crippen molar-refractivity contribution >= 4 is 16.5 Å². The monoisotopic (exact) mass is 342 g/mol. The molecule has 4 rings (SSSR count). The van der Waals surface area contributed by atoms with Gasteiger partial charge < -0.3 is 5.32 Å². The van der Waals surface area contributed by atoms with Gasteiger partial charge in [0.15, 0.2) is 5.13 Å². The van der Waals surface area contributed by atoms with Crippen molar-refractivity contribution in [3.8, 4) is 21.7 Å². The fraction of sp³-hybridized carbons (Fsp3) is 0.0455. The van der Waals surface area contributed by atoms with Gasteiger partial charge in [-0.1, -0.05) is 102 Å². The summed E-state index contributed by atoms with van der Waals surface area (Å²) in [6, 6.07) is 31.2. The number of aromatic nitrogens is 1. The number of anilines is 1. The predicted molar refractivity (Wildman–Crippen MR) is 107 cm³/mol. The summed E-state index contributed by atoms with van der Waals surface area (Å²) in [6.07, 6.45) is 0. The van der Waals surface area contributed by atoms with Crippen molar-refractivity contribution in [3.63, 3.8) is 0 Å². The zero-order chi connectivity index (χ0) is 16.9. The highest BCUT2D eigenvalue weighted by molar-refractivity contribution is 7.19. The Hall–Kier alpha value is -2.91. The van der Waals surface area contributed by atoms with Gasteiger partial charge in [0.05, 0.1) is 10.6 Å². The standard InChI is InChI=1S/C22H18N2S/c1-4-10-17(11-5-1)16-23-22-24-20(18-12-6-2-7-13-18)21(25-22)19-14-8-3-9-15-19/h1-15H,16H2,(H,23,24). The molecule has 0 spiro atoms. The number of nitrogens with one attached hydrogen (secondary N) is 1. The maximum Gasteiger partial charge on any atom is 0.184 e. The van der Waals surface area contributed by atoms with E-state index in [9.17, 15) is 0 Å². The van der Waals surface area contributed by atoms with Crippen LogP contribution < -0.4 is 5.32 Å². The Bertz CT molecular complexity index is 875. The van der Waals surface area contributed by atoms with E-state index in [1.165, 1.54) is 16.0 Å². The van der Waals surface area contributed by atoms with E-state index in [4.69, 9.17) is 4.98 Å². The fourth-order valence-electron chi connectivity index (χ4n) is 2.75.